The van der Waals surface area contributed by atoms with E-state index in [4.69, 9.17) is 4.74 Å². The van der Waals surface area contributed by atoms with Gasteiger partial charge in [0.25, 0.3) is 0 Å². The van der Waals surface area contributed by atoms with Crippen LogP contribution >= 0.6 is 0 Å². The van der Waals surface area contributed by atoms with E-state index in [2.05, 4.69) is 0 Å². The summed E-state index contributed by atoms with van der Waals surface area (Å²) in [5.41, 5.74) is -0.768. The third kappa shape index (κ3) is 2.94. The third-order valence-electron chi connectivity index (χ3n) is 5.58. The Labute approximate surface area is 143 Å². The van der Waals surface area contributed by atoms with Crippen LogP contribution in [0.25, 0.3) is 0 Å². The highest BCUT2D eigenvalue weighted by Gasteiger charge is 2.56. The smallest absolute Gasteiger partial charge is 0.314 e. The van der Waals surface area contributed by atoms with Gasteiger partial charge in [0.05, 0.1) is 17.3 Å². The summed E-state index contributed by atoms with van der Waals surface area (Å²) in [5.74, 6) is -0.566. The Kier molecular flexibility index (Phi) is 4.63. The Balaban J connectivity index is 1.88. The molecule has 0 N–H and O–H groups in total. The van der Waals surface area contributed by atoms with E-state index in [9.17, 15) is 18.0 Å². The first kappa shape index (κ1) is 17.7. The second-order valence-electron chi connectivity index (χ2n) is 7.18. The summed E-state index contributed by atoms with van der Waals surface area (Å²) in [6.45, 7) is 5.06. The van der Waals surface area contributed by atoms with Crippen LogP contribution in [0, 0.1) is 11.3 Å². The van der Waals surface area contributed by atoms with E-state index in [-0.39, 0.29) is 29.7 Å². The van der Waals surface area contributed by atoms with Crippen LogP contribution in [0.5, 0.6) is 0 Å². The molecule has 0 bridgehead atoms. The first-order valence-electron chi connectivity index (χ1n) is 8.73. The minimum atomic E-state index is -3.28. The first-order valence-corrected chi connectivity index (χ1v) is 10.2. The van der Waals surface area contributed by atoms with Crippen molar-refractivity contribution in [3.63, 3.8) is 0 Å². The Hall–Kier alpha value is -1.15. The van der Waals surface area contributed by atoms with E-state index in [1.54, 1.807) is 16.1 Å². The highest BCUT2D eigenvalue weighted by molar-refractivity contribution is 7.90. The van der Waals surface area contributed by atoms with Crippen LogP contribution in [0.4, 0.5) is 0 Å². The average molecular weight is 358 g/mol. The number of carbonyl (C=O) groups is 2. The number of carbonyl (C=O) groups excluding carboxylic acids is 2. The Morgan fingerprint density at radius 1 is 1.25 bits per heavy atom. The van der Waals surface area contributed by atoms with Crippen LogP contribution in [0.1, 0.15) is 39.5 Å². The Morgan fingerprint density at radius 2 is 1.96 bits per heavy atom. The number of rotatable bonds is 4. The molecular weight excluding hydrogens is 332 g/mol. The van der Waals surface area contributed by atoms with Gasteiger partial charge in [0, 0.05) is 39.0 Å². The molecule has 24 heavy (non-hydrogen) atoms. The molecule has 1 amide bonds. The lowest BCUT2D eigenvalue weighted by Crippen LogP contribution is -2.44. The number of likely N-dealkylation sites (tertiary alicyclic amines) is 1. The van der Waals surface area contributed by atoms with E-state index in [0.717, 1.165) is 12.8 Å². The predicted octanol–water partition coefficient (Wildman–Crippen LogP) is 0.602. The maximum atomic E-state index is 12.7. The van der Waals surface area contributed by atoms with Gasteiger partial charge in [0.1, 0.15) is 0 Å². The molecule has 7 nitrogen and oxygen atoms in total. The lowest BCUT2D eigenvalue weighted by Gasteiger charge is -2.31. The van der Waals surface area contributed by atoms with Gasteiger partial charge >= 0.3 is 5.97 Å². The maximum Gasteiger partial charge on any atom is 0.314 e. The van der Waals surface area contributed by atoms with Crippen LogP contribution in [-0.4, -0.2) is 67.5 Å². The zero-order valence-electron chi connectivity index (χ0n) is 14.4. The number of hydrogen-bond donors (Lipinski definition) is 0. The van der Waals surface area contributed by atoms with Gasteiger partial charge in [-0.15, -0.1) is 0 Å². The van der Waals surface area contributed by atoms with Gasteiger partial charge in [-0.3, -0.25) is 9.59 Å². The van der Waals surface area contributed by atoms with Gasteiger partial charge in [-0.25, -0.2) is 12.7 Å². The highest BCUT2D eigenvalue weighted by atomic mass is 32.2. The number of sulfonamides is 1. The quantitative estimate of drug-likeness (QED) is 0.687. The molecule has 0 aromatic heterocycles. The summed E-state index contributed by atoms with van der Waals surface area (Å²) < 4.78 is 32.1. The maximum absolute atomic E-state index is 12.7. The zero-order valence-corrected chi connectivity index (χ0v) is 15.2. The number of ether oxygens (including phenoxy) is 1. The van der Waals surface area contributed by atoms with Crippen LogP contribution in [-0.2, 0) is 24.3 Å². The highest BCUT2D eigenvalue weighted by Crippen LogP contribution is 2.45. The van der Waals surface area contributed by atoms with Gasteiger partial charge in [0.2, 0.25) is 15.9 Å². The Bertz CT molecular complexity index is 630. The van der Waals surface area contributed by atoms with Crippen molar-refractivity contribution in [2.45, 2.75) is 44.8 Å². The van der Waals surface area contributed by atoms with Gasteiger partial charge in [-0.05, 0) is 32.6 Å². The topological polar surface area (TPSA) is 84.0 Å². The molecule has 0 spiro atoms. The molecule has 136 valence electrons. The fourth-order valence-corrected chi connectivity index (χ4v) is 5.98. The SMILES string of the molecule is CCOC(=O)[C@]12CCCN(S(=O)(=O)C3CC3)C[C@H]1CN(C(C)=O)C2. The van der Waals surface area contributed by atoms with Crippen molar-refractivity contribution in [3.05, 3.63) is 0 Å². The molecule has 0 aromatic rings. The summed E-state index contributed by atoms with van der Waals surface area (Å²) >= 11 is 0. The Morgan fingerprint density at radius 3 is 2.54 bits per heavy atom. The van der Waals surface area contributed by atoms with Crippen molar-refractivity contribution < 1.29 is 22.7 Å². The summed E-state index contributed by atoms with van der Waals surface area (Å²) in [7, 11) is -3.28. The molecular formula is C16H26N2O5S. The number of hydrogen-bond acceptors (Lipinski definition) is 5. The molecule has 3 rings (SSSR count). The van der Waals surface area contributed by atoms with Gasteiger partial charge in [-0.1, -0.05) is 0 Å². The van der Waals surface area contributed by atoms with Crippen molar-refractivity contribution in [2.24, 2.45) is 11.3 Å². The first-order chi connectivity index (χ1) is 11.3. The minimum absolute atomic E-state index is 0.0802. The minimum Gasteiger partial charge on any atom is -0.466 e. The molecule has 1 aliphatic carbocycles. The molecule has 8 heteroatoms. The summed E-state index contributed by atoms with van der Waals surface area (Å²) in [6.07, 6.45) is 2.64. The van der Waals surface area contributed by atoms with Gasteiger partial charge in [0.15, 0.2) is 0 Å². The van der Waals surface area contributed by atoms with Crippen molar-refractivity contribution in [3.8, 4) is 0 Å². The standard InChI is InChI=1S/C16H26N2O5S/c1-3-23-15(20)16-7-4-8-18(24(21,22)14-5-6-14)10-13(16)9-17(11-16)12(2)19/h13-14H,3-11H2,1-2H3/t13-,16+/m1/s1. The van der Waals surface area contributed by atoms with Crippen LogP contribution < -0.4 is 0 Å². The molecule has 0 unspecified atom stereocenters. The molecule has 3 fully saturated rings. The molecule has 2 aliphatic heterocycles. The molecule has 0 radical (unpaired) electrons. The van der Waals surface area contributed by atoms with Crippen LogP contribution in [0.2, 0.25) is 0 Å². The van der Waals surface area contributed by atoms with Crippen molar-refractivity contribution >= 4 is 21.9 Å². The van der Waals surface area contributed by atoms with E-state index in [0.29, 0.717) is 39.0 Å². The molecule has 2 saturated heterocycles. The second-order valence-corrected chi connectivity index (χ2v) is 9.39. The number of esters is 1. The predicted molar refractivity (Wildman–Crippen MR) is 87.6 cm³/mol. The molecule has 2 atom stereocenters. The normalized spacial score (nSPS) is 31.4. The summed E-state index contributed by atoms with van der Waals surface area (Å²) in [5, 5.41) is -0.252. The largest absolute Gasteiger partial charge is 0.466 e. The monoisotopic (exact) mass is 358 g/mol. The van der Waals surface area contributed by atoms with E-state index in [1.807, 2.05) is 0 Å². The third-order valence-corrected chi connectivity index (χ3v) is 7.95. The van der Waals surface area contributed by atoms with Crippen molar-refractivity contribution in [2.75, 3.05) is 32.8 Å². The van der Waals surface area contributed by atoms with E-state index in [1.165, 1.54) is 6.92 Å². The molecule has 3 aliphatic rings. The number of nitrogens with zero attached hydrogens (tertiary/aromatic N) is 2. The molecule has 2 heterocycles. The molecule has 0 aromatic carbocycles. The average Bonchev–Trinajstić information content (AvgIpc) is 3.32. The van der Waals surface area contributed by atoms with Crippen molar-refractivity contribution in [1.29, 1.82) is 0 Å². The van der Waals surface area contributed by atoms with E-state index >= 15 is 0 Å². The lowest BCUT2D eigenvalue weighted by molar-refractivity contribution is -0.157. The summed E-state index contributed by atoms with van der Waals surface area (Å²) in [4.78, 5) is 26.2. The van der Waals surface area contributed by atoms with Gasteiger partial charge < -0.3 is 9.64 Å². The fraction of sp³-hybridized carbons (Fsp3) is 0.875. The van der Waals surface area contributed by atoms with Crippen LogP contribution in [0.3, 0.4) is 0 Å². The zero-order chi connectivity index (χ0) is 17.5. The number of amides is 1. The van der Waals surface area contributed by atoms with Crippen molar-refractivity contribution in [1.82, 2.24) is 9.21 Å². The molecule has 1 saturated carbocycles. The lowest BCUT2D eigenvalue weighted by atomic mass is 9.75. The van der Waals surface area contributed by atoms with Gasteiger partial charge in [-0.2, -0.15) is 0 Å². The second kappa shape index (κ2) is 6.29. The number of fused-ring (bicyclic) bond motifs is 1. The fourth-order valence-electron chi connectivity index (χ4n) is 4.05. The van der Waals surface area contributed by atoms with Crippen LogP contribution in [0.15, 0.2) is 0 Å². The summed E-state index contributed by atoms with van der Waals surface area (Å²) in [6, 6.07) is 0. The van der Waals surface area contributed by atoms with E-state index < -0.39 is 15.4 Å².